The van der Waals surface area contributed by atoms with Crippen LogP contribution in [0.2, 0.25) is 0 Å². The van der Waals surface area contributed by atoms with Crippen molar-refractivity contribution in [2.45, 2.75) is 12.8 Å². The molecule has 1 aromatic rings. The third-order valence-electron chi connectivity index (χ3n) is 2.55. The van der Waals surface area contributed by atoms with Gasteiger partial charge in [-0.25, -0.2) is 0 Å². The first kappa shape index (κ1) is 13.7. The van der Waals surface area contributed by atoms with Crippen molar-refractivity contribution >= 4 is 11.9 Å². The highest BCUT2D eigenvalue weighted by molar-refractivity contribution is 6.01. The van der Waals surface area contributed by atoms with E-state index in [4.69, 9.17) is 0 Å². The molecule has 0 bridgehead atoms. The van der Waals surface area contributed by atoms with Gasteiger partial charge >= 0.3 is 0 Å². The van der Waals surface area contributed by atoms with Crippen molar-refractivity contribution in [1.82, 2.24) is 0 Å². The molecule has 0 radical (unpaired) electrons. The van der Waals surface area contributed by atoms with E-state index in [0.29, 0.717) is 17.5 Å². The van der Waals surface area contributed by atoms with Crippen LogP contribution in [0.4, 0.5) is 0 Å². The summed E-state index contributed by atoms with van der Waals surface area (Å²) in [5, 5.41) is 22.0. The van der Waals surface area contributed by atoms with Crippen LogP contribution in [0.1, 0.15) is 31.8 Å². The molecule has 0 aliphatic rings. The van der Waals surface area contributed by atoms with E-state index in [-0.39, 0.29) is 17.5 Å². The lowest BCUT2D eigenvalue weighted by molar-refractivity contribution is -0.259. The van der Waals surface area contributed by atoms with Gasteiger partial charge in [0, 0.05) is 11.1 Å². The predicted octanol–water partition coefficient (Wildman–Crippen LogP) is -0.129. The van der Waals surface area contributed by atoms with Crippen molar-refractivity contribution in [2.75, 3.05) is 0 Å². The molecule has 0 atom stereocenters. The number of benzene rings is 1. The molecule has 0 saturated carbocycles. The molecule has 18 heavy (non-hydrogen) atoms. The first-order valence-corrected chi connectivity index (χ1v) is 5.32. The van der Waals surface area contributed by atoms with E-state index in [1.165, 1.54) is 12.1 Å². The summed E-state index contributed by atoms with van der Waals surface area (Å²) >= 11 is 0. The second-order valence-corrected chi connectivity index (χ2v) is 3.69. The minimum atomic E-state index is -1.54. The van der Waals surface area contributed by atoms with Crippen LogP contribution in [-0.2, 0) is 12.8 Å². The van der Waals surface area contributed by atoms with Crippen LogP contribution in [0.3, 0.4) is 0 Å². The number of carbonyl (C=O) groups excluding carboxylic acids is 2. The third-order valence-corrected chi connectivity index (χ3v) is 2.55. The lowest BCUT2D eigenvalue weighted by atomic mass is 9.92. The second-order valence-electron chi connectivity index (χ2n) is 3.69. The molecule has 0 spiro atoms. The van der Waals surface area contributed by atoms with Gasteiger partial charge in [-0.2, -0.15) is 0 Å². The molecule has 0 N–H and O–H groups in total. The summed E-state index contributed by atoms with van der Waals surface area (Å²) in [6.45, 7) is 7.10. The number of carbonyl (C=O) groups is 2. The van der Waals surface area contributed by atoms with Crippen molar-refractivity contribution < 1.29 is 19.8 Å². The van der Waals surface area contributed by atoms with E-state index >= 15 is 0 Å². The van der Waals surface area contributed by atoms with Crippen LogP contribution in [0.25, 0.3) is 0 Å². The maximum absolute atomic E-state index is 11.1. The van der Waals surface area contributed by atoms with Gasteiger partial charge in [0.2, 0.25) is 0 Å². The van der Waals surface area contributed by atoms with E-state index < -0.39 is 11.9 Å². The molecule has 0 amide bonds. The van der Waals surface area contributed by atoms with Crippen LogP contribution >= 0.6 is 0 Å². The largest absolute Gasteiger partial charge is 0.545 e. The van der Waals surface area contributed by atoms with E-state index in [1.54, 1.807) is 12.1 Å². The molecule has 94 valence electrons. The fourth-order valence-corrected chi connectivity index (χ4v) is 1.82. The molecule has 1 aromatic carbocycles. The van der Waals surface area contributed by atoms with Gasteiger partial charge < -0.3 is 19.8 Å². The topological polar surface area (TPSA) is 80.3 Å². The van der Waals surface area contributed by atoms with Gasteiger partial charge in [0.05, 0.1) is 11.9 Å². The lowest BCUT2D eigenvalue weighted by Crippen LogP contribution is -2.31. The standard InChI is InChI=1S/C14H14O4/c1-3-5-9-7-8-11(13(15)16)12(14(17)18)10(9)6-4-2/h3-4,7-8H,1-2,5-6H2,(H,15,16)(H,17,18)/p-2. The molecule has 0 heterocycles. The van der Waals surface area contributed by atoms with Crippen molar-refractivity contribution in [3.8, 4) is 0 Å². The molecule has 4 heteroatoms. The Kier molecular flexibility index (Phi) is 4.43. The maximum Gasteiger partial charge on any atom is 0.0724 e. The Morgan fingerprint density at radius 2 is 1.67 bits per heavy atom. The van der Waals surface area contributed by atoms with Gasteiger partial charge in [-0.05, 0) is 24.0 Å². The van der Waals surface area contributed by atoms with Gasteiger partial charge in [0.25, 0.3) is 0 Å². The minimum Gasteiger partial charge on any atom is -0.545 e. The number of carboxylic acid groups (broad SMARTS) is 2. The molecule has 1 rings (SSSR count). The Labute approximate surface area is 105 Å². The zero-order valence-corrected chi connectivity index (χ0v) is 9.77. The fraction of sp³-hybridized carbons (Fsp3) is 0.143. The number of carboxylic acids is 2. The molecule has 0 aliphatic carbocycles. The molecule has 0 aliphatic heterocycles. The Balaban J connectivity index is 3.58. The summed E-state index contributed by atoms with van der Waals surface area (Å²) in [5.41, 5.74) is 0.356. The van der Waals surface area contributed by atoms with Crippen LogP contribution in [0.5, 0.6) is 0 Å². The highest BCUT2D eigenvalue weighted by Gasteiger charge is 2.13. The lowest BCUT2D eigenvalue weighted by Gasteiger charge is -2.18. The van der Waals surface area contributed by atoms with Crippen molar-refractivity contribution in [3.63, 3.8) is 0 Å². The summed E-state index contributed by atoms with van der Waals surface area (Å²) in [7, 11) is 0. The smallest absolute Gasteiger partial charge is 0.0724 e. The summed E-state index contributed by atoms with van der Waals surface area (Å²) in [6, 6.07) is 2.77. The molecule has 0 unspecified atom stereocenters. The third kappa shape index (κ3) is 2.66. The van der Waals surface area contributed by atoms with Crippen LogP contribution in [-0.4, -0.2) is 11.9 Å². The fourth-order valence-electron chi connectivity index (χ4n) is 1.82. The zero-order chi connectivity index (χ0) is 13.7. The number of rotatable bonds is 6. The van der Waals surface area contributed by atoms with E-state index in [1.807, 2.05) is 0 Å². The highest BCUT2D eigenvalue weighted by atomic mass is 16.4. The van der Waals surface area contributed by atoms with Crippen LogP contribution in [0, 0.1) is 0 Å². The van der Waals surface area contributed by atoms with Gasteiger partial charge in [0.1, 0.15) is 0 Å². The van der Waals surface area contributed by atoms with Crippen molar-refractivity contribution in [2.24, 2.45) is 0 Å². The van der Waals surface area contributed by atoms with Crippen molar-refractivity contribution in [1.29, 1.82) is 0 Å². The second kappa shape index (κ2) is 5.82. The quantitative estimate of drug-likeness (QED) is 0.653. The summed E-state index contributed by atoms with van der Waals surface area (Å²) < 4.78 is 0. The van der Waals surface area contributed by atoms with Gasteiger partial charge in [-0.15, -0.1) is 13.2 Å². The van der Waals surface area contributed by atoms with E-state index in [2.05, 4.69) is 13.2 Å². The molecule has 0 aromatic heterocycles. The molecule has 0 fully saturated rings. The van der Waals surface area contributed by atoms with Crippen LogP contribution < -0.4 is 10.2 Å². The summed E-state index contributed by atoms with van der Waals surface area (Å²) in [6.07, 6.45) is 3.80. The van der Waals surface area contributed by atoms with Gasteiger partial charge in [0.15, 0.2) is 0 Å². The van der Waals surface area contributed by atoms with Gasteiger partial charge in [-0.1, -0.05) is 24.3 Å². The van der Waals surface area contributed by atoms with Gasteiger partial charge in [-0.3, -0.25) is 0 Å². The zero-order valence-electron chi connectivity index (χ0n) is 9.77. The first-order valence-electron chi connectivity index (χ1n) is 5.32. The molecule has 0 saturated heterocycles. The number of aromatic carboxylic acids is 2. The Hall–Kier alpha value is -2.36. The Bertz CT molecular complexity index is 515. The Morgan fingerprint density at radius 1 is 1.06 bits per heavy atom. The average molecular weight is 244 g/mol. The average Bonchev–Trinajstić information content (AvgIpc) is 2.30. The predicted molar refractivity (Wildman–Crippen MR) is 62.9 cm³/mol. The number of allylic oxidation sites excluding steroid dienone is 2. The summed E-state index contributed by atoms with van der Waals surface area (Å²) in [5.74, 6) is -3.07. The number of hydrogen-bond donors (Lipinski definition) is 0. The monoisotopic (exact) mass is 244 g/mol. The first-order chi connectivity index (χ1) is 8.52. The SMILES string of the molecule is C=CCc1ccc(C(=O)[O-])c(C(=O)[O-])c1CC=C. The molecular weight excluding hydrogens is 232 g/mol. The summed E-state index contributed by atoms with van der Waals surface area (Å²) in [4.78, 5) is 22.0. The maximum atomic E-state index is 11.1. The van der Waals surface area contributed by atoms with Crippen LogP contribution in [0.15, 0.2) is 37.4 Å². The highest BCUT2D eigenvalue weighted by Crippen LogP contribution is 2.21. The Morgan fingerprint density at radius 3 is 2.11 bits per heavy atom. The molecule has 4 nitrogen and oxygen atoms in total. The number of hydrogen-bond acceptors (Lipinski definition) is 4. The van der Waals surface area contributed by atoms with E-state index in [0.717, 1.165) is 0 Å². The normalized spacial score (nSPS) is 9.78. The molecular formula is C14H12O4-2. The van der Waals surface area contributed by atoms with E-state index in [9.17, 15) is 19.8 Å². The minimum absolute atomic E-state index is 0.244. The van der Waals surface area contributed by atoms with Crippen molar-refractivity contribution in [3.05, 3.63) is 59.7 Å².